The first-order valence-electron chi connectivity index (χ1n) is 3.55. The van der Waals surface area contributed by atoms with Crippen LogP contribution in [-0.2, 0) is 0 Å². The minimum absolute atomic E-state index is 1.20. The molecule has 1 aromatic heterocycles. The number of nitrogens with one attached hydrogen (secondary N) is 1. The van der Waals surface area contributed by atoms with Gasteiger partial charge in [0.05, 0.1) is 6.20 Å². The van der Waals surface area contributed by atoms with Crippen LogP contribution in [0.25, 0.3) is 0 Å². The Labute approximate surface area is 65.4 Å². The van der Waals surface area contributed by atoms with Crippen LogP contribution in [0.5, 0.6) is 0 Å². The minimum atomic E-state index is 1.20. The fraction of sp³-hybridized carbons (Fsp3) is 0.571. The van der Waals surface area contributed by atoms with Crippen LogP contribution in [0.1, 0.15) is 19.8 Å². The third kappa shape index (κ3) is 2.43. The molecule has 56 valence electrons. The van der Waals surface area contributed by atoms with E-state index >= 15 is 0 Å². The molecule has 0 fully saturated rings. The molecule has 0 bridgehead atoms. The Kier molecular flexibility index (Phi) is 3.36. The summed E-state index contributed by atoms with van der Waals surface area (Å²) in [6, 6.07) is 0. The van der Waals surface area contributed by atoms with Gasteiger partial charge in [-0.05, 0) is 12.2 Å². The molecule has 0 saturated heterocycles. The van der Waals surface area contributed by atoms with Gasteiger partial charge in [-0.1, -0.05) is 13.3 Å². The first-order valence-corrected chi connectivity index (χ1v) is 4.53. The Morgan fingerprint density at radius 2 is 2.60 bits per heavy atom. The Hall–Kier alpha value is -0.440. The predicted octanol–water partition coefficient (Wildman–Crippen LogP) is 2.30. The molecule has 10 heavy (non-hydrogen) atoms. The van der Waals surface area contributed by atoms with Crippen molar-refractivity contribution in [2.75, 3.05) is 5.75 Å². The van der Waals surface area contributed by atoms with Crippen LogP contribution in [0.15, 0.2) is 17.3 Å². The van der Waals surface area contributed by atoms with Gasteiger partial charge < -0.3 is 0 Å². The van der Waals surface area contributed by atoms with Gasteiger partial charge >= 0.3 is 0 Å². The van der Waals surface area contributed by atoms with Crippen LogP contribution < -0.4 is 0 Å². The van der Waals surface area contributed by atoms with Gasteiger partial charge in [-0.3, -0.25) is 5.10 Å². The number of rotatable bonds is 4. The molecule has 0 amide bonds. The van der Waals surface area contributed by atoms with Crippen molar-refractivity contribution in [1.82, 2.24) is 10.2 Å². The van der Waals surface area contributed by atoms with Crippen LogP contribution in [0.2, 0.25) is 0 Å². The number of aromatic amines is 1. The summed E-state index contributed by atoms with van der Waals surface area (Å²) in [6.45, 7) is 2.20. The maximum Gasteiger partial charge on any atom is 0.0623 e. The highest BCUT2D eigenvalue weighted by Gasteiger charge is 1.91. The van der Waals surface area contributed by atoms with Gasteiger partial charge in [0.1, 0.15) is 0 Å². The van der Waals surface area contributed by atoms with Crippen LogP contribution in [0.4, 0.5) is 0 Å². The van der Waals surface area contributed by atoms with Crippen molar-refractivity contribution in [3.8, 4) is 0 Å². The Bertz CT molecular complexity index is 160. The minimum Gasteiger partial charge on any atom is -0.285 e. The summed E-state index contributed by atoms with van der Waals surface area (Å²) >= 11 is 1.86. The number of thioether (sulfide) groups is 1. The molecule has 0 aromatic carbocycles. The third-order valence-corrected chi connectivity index (χ3v) is 2.29. The number of hydrogen-bond donors (Lipinski definition) is 1. The number of nitrogens with zero attached hydrogens (tertiary/aromatic N) is 1. The second kappa shape index (κ2) is 4.39. The predicted molar refractivity (Wildman–Crippen MR) is 44.2 cm³/mol. The molecule has 0 aliphatic heterocycles. The van der Waals surface area contributed by atoms with Crippen molar-refractivity contribution in [3.63, 3.8) is 0 Å². The quantitative estimate of drug-likeness (QED) is 0.535. The van der Waals surface area contributed by atoms with Crippen LogP contribution in [-0.4, -0.2) is 16.0 Å². The molecule has 3 heteroatoms. The number of hydrogen-bond acceptors (Lipinski definition) is 2. The van der Waals surface area contributed by atoms with Crippen molar-refractivity contribution < 1.29 is 0 Å². The van der Waals surface area contributed by atoms with E-state index in [1.807, 2.05) is 24.2 Å². The average Bonchev–Trinajstić information content (AvgIpc) is 2.41. The van der Waals surface area contributed by atoms with Gasteiger partial charge in [0, 0.05) is 11.1 Å². The maximum absolute atomic E-state index is 3.86. The molecule has 0 spiro atoms. The fourth-order valence-corrected chi connectivity index (χ4v) is 1.58. The molecule has 2 nitrogen and oxygen atoms in total. The Balaban J connectivity index is 2.15. The standard InChI is InChI=1S/C7H12N2S/c1-2-3-4-10-7-5-8-9-6-7/h5-6H,2-4H2,1H3,(H,8,9). The van der Waals surface area contributed by atoms with Crippen LogP contribution in [0.3, 0.4) is 0 Å². The molecular weight excluding hydrogens is 144 g/mol. The molecule has 0 aliphatic rings. The average molecular weight is 156 g/mol. The Morgan fingerprint density at radius 3 is 3.20 bits per heavy atom. The third-order valence-electron chi connectivity index (χ3n) is 1.24. The first kappa shape index (κ1) is 7.66. The molecule has 0 atom stereocenters. The lowest BCUT2D eigenvalue weighted by Gasteiger charge is -1.92. The summed E-state index contributed by atoms with van der Waals surface area (Å²) < 4.78 is 0. The van der Waals surface area contributed by atoms with Gasteiger partial charge in [0.2, 0.25) is 0 Å². The van der Waals surface area contributed by atoms with Crippen molar-refractivity contribution in [2.24, 2.45) is 0 Å². The van der Waals surface area contributed by atoms with E-state index in [-0.39, 0.29) is 0 Å². The van der Waals surface area contributed by atoms with E-state index in [9.17, 15) is 0 Å². The zero-order valence-electron chi connectivity index (χ0n) is 6.13. The molecule has 0 unspecified atom stereocenters. The van der Waals surface area contributed by atoms with E-state index in [0.717, 1.165) is 0 Å². The molecule has 1 N–H and O–H groups in total. The van der Waals surface area contributed by atoms with E-state index in [1.165, 1.54) is 23.5 Å². The lowest BCUT2D eigenvalue weighted by atomic mass is 10.4. The van der Waals surface area contributed by atoms with Gasteiger partial charge in [0.15, 0.2) is 0 Å². The van der Waals surface area contributed by atoms with Gasteiger partial charge in [-0.2, -0.15) is 5.10 Å². The SMILES string of the molecule is CCCCSc1cn[nH]c1. The zero-order chi connectivity index (χ0) is 7.23. The molecule has 0 saturated carbocycles. The van der Waals surface area contributed by atoms with E-state index in [1.54, 1.807) is 0 Å². The summed E-state index contributed by atoms with van der Waals surface area (Å²) in [4.78, 5) is 1.24. The summed E-state index contributed by atoms with van der Waals surface area (Å²) in [5.41, 5.74) is 0. The highest BCUT2D eigenvalue weighted by molar-refractivity contribution is 7.99. The van der Waals surface area contributed by atoms with Crippen LogP contribution in [0, 0.1) is 0 Å². The second-order valence-electron chi connectivity index (χ2n) is 2.14. The van der Waals surface area contributed by atoms with E-state index < -0.39 is 0 Å². The molecule has 0 radical (unpaired) electrons. The topological polar surface area (TPSA) is 28.7 Å². The van der Waals surface area contributed by atoms with E-state index in [4.69, 9.17) is 0 Å². The van der Waals surface area contributed by atoms with Crippen molar-refractivity contribution in [2.45, 2.75) is 24.7 Å². The summed E-state index contributed by atoms with van der Waals surface area (Å²) in [5, 5.41) is 6.64. The molecule has 1 rings (SSSR count). The summed E-state index contributed by atoms with van der Waals surface area (Å²) in [6.07, 6.45) is 6.35. The maximum atomic E-state index is 3.86. The second-order valence-corrected chi connectivity index (χ2v) is 3.30. The summed E-state index contributed by atoms with van der Waals surface area (Å²) in [7, 11) is 0. The lowest BCUT2D eigenvalue weighted by molar-refractivity contribution is 0.896. The summed E-state index contributed by atoms with van der Waals surface area (Å²) in [5.74, 6) is 1.20. The smallest absolute Gasteiger partial charge is 0.0623 e. The molecule has 0 aliphatic carbocycles. The Morgan fingerprint density at radius 1 is 1.70 bits per heavy atom. The first-order chi connectivity index (χ1) is 4.93. The van der Waals surface area contributed by atoms with Gasteiger partial charge in [-0.25, -0.2) is 0 Å². The monoisotopic (exact) mass is 156 g/mol. The number of H-pyrrole nitrogens is 1. The van der Waals surface area contributed by atoms with Crippen molar-refractivity contribution >= 4 is 11.8 Å². The highest BCUT2D eigenvalue weighted by atomic mass is 32.2. The molecular formula is C7H12N2S. The van der Waals surface area contributed by atoms with Crippen molar-refractivity contribution in [1.29, 1.82) is 0 Å². The van der Waals surface area contributed by atoms with Gasteiger partial charge in [0.25, 0.3) is 0 Å². The van der Waals surface area contributed by atoms with Gasteiger partial charge in [-0.15, -0.1) is 11.8 Å². The molecule has 1 heterocycles. The van der Waals surface area contributed by atoms with Crippen molar-refractivity contribution in [3.05, 3.63) is 12.4 Å². The van der Waals surface area contributed by atoms with E-state index in [0.29, 0.717) is 0 Å². The number of aromatic nitrogens is 2. The largest absolute Gasteiger partial charge is 0.285 e. The fourth-order valence-electron chi connectivity index (χ4n) is 0.652. The number of unbranched alkanes of at least 4 members (excludes halogenated alkanes) is 1. The zero-order valence-corrected chi connectivity index (χ0v) is 6.95. The normalized spacial score (nSPS) is 10.1. The van der Waals surface area contributed by atoms with E-state index in [2.05, 4.69) is 17.1 Å². The lowest BCUT2D eigenvalue weighted by Crippen LogP contribution is -1.74. The highest BCUT2D eigenvalue weighted by Crippen LogP contribution is 2.16. The molecule has 1 aromatic rings. The van der Waals surface area contributed by atoms with Crippen LogP contribution >= 0.6 is 11.8 Å².